The van der Waals surface area contributed by atoms with E-state index in [4.69, 9.17) is 16.3 Å². The molecule has 0 aliphatic carbocycles. The Balaban J connectivity index is 1.65. The predicted molar refractivity (Wildman–Crippen MR) is 110 cm³/mol. The van der Waals surface area contributed by atoms with Crippen LogP contribution in [-0.4, -0.2) is 27.6 Å². The van der Waals surface area contributed by atoms with Crippen LogP contribution in [0.4, 0.5) is 9.93 Å². The number of amides is 2. The number of anilines is 1. The summed E-state index contributed by atoms with van der Waals surface area (Å²) in [7, 11) is 0. The molecule has 0 aliphatic heterocycles. The van der Waals surface area contributed by atoms with Gasteiger partial charge in [0.15, 0.2) is 5.13 Å². The van der Waals surface area contributed by atoms with E-state index in [9.17, 15) is 9.59 Å². The molecule has 7 nitrogen and oxygen atoms in total. The Kier molecular flexibility index (Phi) is 5.81. The third kappa shape index (κ3) is 5.40. The van der Waals surface area contributed by atoms with Gasteiger partial charge in [-0.2, -0.15) is 0 Å². The number of carbonyl (C=O) groups excluding carboxylic acids is 2. The maximum atomic E-state index is 12.2. The predicted octanol–water partition coefficient (Wildman–Crippen LogP) is 4.62. The number of benzene rings is 1. The largest absolute Gasteiger partial charge is 0.444 e. The summed E-state index contributed by atoms with van der Waals surface area (Å²) in [5.74, 6) is -0.306. The molecule has 2 N–H and O–H groups in total. The molecule has 0 saturated heterocycles. The Bertz CT molecular complexity index is 1030. The van der Waals surface area contributed by atoms with Crippen molar-refractivity contribution in [1.29, 1.82) is 0 Å². The lowest BCUT2D eigenvalue weighted by atomic mass is 10.2. The minimum absolute atomic E-state index is 0.259. The monoisotopic (exact) mass is 418 g/mol. The van der Waals surface area contributed by atoms with Crippen molar-refractivity contribution in [3.05, 3.63) is 52.8 Å². The van der Waals surface area contributed by atoms with Crippen LogP contribution in [0.5, 0.6) is 0 Å². The van der Waals surface area contributed by atoms with Gasteiger partial charge in [-0.15, -0.1) is 0 Å². The minimum atomic E-state index is -0.579. The summed E-state index contributed by atoms with van der Waals surface area (Å²) in [4.78, 5) is 32.4. The molecule has 28 heavy (non-hydrogen) atoms. The van der Waals surface area contributed by atoms with E-state index in [1.54, 1.807) is 39.0 Å². The Morgan fingerprint density at radius 1 is 1.18 bits per heavy atom. The van der Waals surface area contributed by atoms with Crippen LogP contribution in [0.15, 0.2) is 36.4 Å². The lowest BCUT2D eigenvalue weighted by molar-refractivity contribution is 0.0635. The summed E-state index contributed by atoms with van der Waals surface area (Å²) in [6, 6.07) is 10.5. The van der Waals surface area contributed by atoms with E-state index in [1.165, 1.54) is 11.3 Å². The molecular weight excluding hydrogens is 400 g/mol. The van der Waals surface area contributed by atoms with Crippen LogP contribution >= 0.6 is 22.9 Å². The third-order valence-electron chi connectivity index (χ3n) is 3.46. The van der Waals surface area contributed by atoms with E-state index >= 15 is 0 Å². The van der Waals surface area contributed by atoms with Crippen molar-refractivity contribution in [1.82, 2.24) is 15.3 Å². The highest BCUT2D eigenvalue weighted by atomic mass is 35.5. The highest BCUT2D eigenvalue weighted by Gasteiger charge is 2.17. The number of hydrogen-bond donors (Lipinski definition) is 2. The van der Waals surface area contributed by atoms with Gasteiger partial charge in [0.25, 0.3) is 5.91 Å². The molecular formula is C19H19ClN4O3S. The van der Waals surface area contributed by atoms with E-state index in [2.05, 4.69) is 20.6 Å². The van der Waals surface area contributed by atoms with E-state index in [0.29, 0.717) is 11.7 Å². The molecule has 0 unspecified atom stereocenters. The summed E-state index contributed by atoms with van der Waals surface area (Å²) < 4.78 is 6.12. The number of hydrogen-bond acceptors (Lipinski definition) is 6. The standard InChI is InChI=1S/C19H19ClN4O3S/c1-19(2,3)27-18(26)24-17-23-12-8-7-11(9-14(12)28-17)10-21-16(25)13-5-4-6-15(20)22-13/h4-9H,10H2,1-3H3,(H,21,25)(H,23,24,26). The topological polar surface area (TPSA) is 93.2 Å². The Morgan fingerprint density at radius 2 is 1.96 bits per heavy atom. The lowest BCUT2D eigenvalue weighted by Gasteiger charge is -2.18. The van der Waals surface area contributed by atoms with Gasteiger partial charge in [-0.3, -0.25) is 10.1 Å². The molecule has 146 valence electrons. The summed E-state index contributed by atoms with van der Waals surface area (Å²) >= 11 is 7.14. The number of nitrogens with zero attached hydrogens (tertiary/aromatic N) is 2. The number of pyridine rings is 1. The molecule has 9 heteroatoms. The molecule has 0 bridgehead atoms. The molecule has 1 aromatic carbocycles. The molecule has 3 aromatic rings. The van der Waals surface area contributed by atoms with E-state index in [0.717, 1.165) is 15.8 Å². The smallest absolute Gasteiger partial charge is 0.413 e. The van der Waals surface area contributed by atoms with E-state index in [-0.39, 0.29) is 16.8 Å². The number of nitrogens with one attached hydrogen (secondary N) is 2. The Morgan fingerprint density at radius 3 is 2.68 bits per heavy atom. The summed E-state index contributed by atoms with van der Waals surface area (Å²) in [6.07, 6.45) is -0.548. The second-order valence-corrected chi connectivity index (χ2v) is 8.39. The number of carbonyl (C=O) groups is 2. The molecule has 0 aliphatic rings. The van der Waals surface area contributed by atoms with Gasteiger partial charge in [-0.25, -0.2) is 14.8 Å². The maximum absolute atomic E-state index is 12.2. The molecule has 0 saturated carbocycles. The number of thiazole rings is 1. The number of fused-ring (bicyclic) bond motifs is 1. The van der Waals surface area contributed by atoms with Gasteiger partial charge in [0.2, 0.25) is 0 Å². The summed E-state index contributed by atoms with van der Waals surface area (Å²) in [6.45, 7) is 5.72. The van der Waals surface area contributed by atoms with Gasteiger partial charge in [0.05, 0.1) is 10.2 Å². The zero-order valence-electron chi connectivity index (χ0n) is 15.6. The normalized spacial score (nSPS) is 11.3. The van der Waals surface area contributed by atoms with Gasteiger partial charge in [0.1, 0.15) is 16.4 Å². The average Bonchev–Trinajstić information content (AvgIpc) is 2.99. The summed E-state index contributed by atoms with van der Waals surface area (Å²) in [5, 5.41) is 6.17. The van der Waals surface area contributed by atoms with Gasteiger partial charge in [0, 0.05) is 6.54 Å². The highest BCUT2D eigenvalue weighted by molar-refractivity contribution is 7.22. The van der Waals surface area contributed by atoms with Crippen molar-refractivity contribution in [2.24, 2.45) is 0 Å². The lowest BCUT2D eigenvalue weighted by Crippen LogP contribution is -2.27. The Hall–Kier alpha value is -2.71. The van der Waals surface area contributed by atoms with Gasteiger partial charge >= 0.3 is 6.09 Å². The second kappa shape index (κ2) is 8.12. The fraction of sp³-hybridized carbons (Fsp3) is 0.263. The van der Waals surface area contributed by atoms with Crippen molar-refractivity contribution >= 4 is 50.3 Å². The zero-order valence-corrected chi connectivity index (χ0v) is 17.1. The molecule has 0 radical (unpaired) electrons. The third-order valence-corrected chi connectivity index (χ3v) is 4.61. The number of ether oxygens (including phenoxy) is 1. The molecule has 0 spiro atoms. The van der Waals surface area contributed by atoms with Gasteiger partial charge in [-0.1, -0.05) is 35.1 Å². The van der Waals surface area contributed by atoms with E-state index < -0.39 is 11.7 Å². The Labute approximate surface area is 171 Å². The first-order valence-electron chi connectivity index (χ1n) is 8.50. The maximum Gasteiger partial charge on any atom is 0.413 e. The number of halogens is 1. The van der Waals surface area contributed by atoms with Crippen LogP contribution in [0.3, 0.4) is 0 Å². The number of rotatable bonds is 4. The van der Waals surface area contributed by atoms with Crippen LogP contribution in [0.1, 0.15) is 36.8 Å². The molecule has 0 atom stereocenters. The van der Waals surface area contributed by atoms with Crippen LogP contribution in [0.25, 0.3) is 10.2 Å². The van der Waals surface area contributed by atoms with Crippen LogP contribution in [0, 0.1) is 0 Å². The van der Waals surface area contributed by atoms with Crippen molar-refractivity contribution < 1.29 is 14.3 Å². The average molecular weight is 419 g/mol. The van der Waals surface area contributed by atoms with Crippen LogP contribution in [-0.2, 0) is 11.3 Å². The van der Waals surface area contributed by atoms with Crippen LogP contribution < -0.4 is 10.6 Å². The summed E-state index contributed by atoms with van der Waals surface area (Å²) in [5.41, 5.74) is 1.33. The minimum Gasteiger partial charge on any atom is -0.444 e. The molecule has 2 heterocycles. The SMILES string of the molecule is CC(C)(C)OC(=O)Nc1nc2ccc(CNC(=O)c3cccc(Cl)n3)cc2s1. The molecule has 2 amide bonds. The van der Waals surface area contributed by atoms with Crippen molar-refractivity contribution in [2.45, 2.75) is 32.9 Å². The van der Waals surface area contributed by atoms with Crippen molar-refractivity contribution in [3.8, 4) is 0 Å². The molecule has 2 aromatic heterocycles. The first-order chi connectivity index (χ1) is 13.2. The van der Waals surface area contributed by atoms with Crippen molar-refractivity contribution in [2.75, 3.05) is 5.32 Å². The van der Waals surface area contributed by atoms with Crippen molar-refractivity contribution in [3.63, 3.8) is 0 Å². The van der Waals surface area contributed by atoms with Gasteiger partial charge in [-0.05, 0) is 50.6 Å². The fourth-order valence-corrected chi connectivity index (χ4v) is 3.41. The van der Waals surface area contributed by atoms with Gasteiger partial charge < -0.3 is 10.1 Å². The quantitative estimate of drug-likeness (QED) is 0.603. The second-order valence-electron chi connectivity index (χ2n) is 6.98. The number of aromatic nitrogens is 2. The first-order valence-corrected chi connectivity index (χ1v) is 9.69. The van der Waals surface area contributed by atoms with Crippen LogP contribution in [0.2, 0.25) is 5.15 Å². The fourth-order valence-electron chi connectivity index (χ4n) is 2.33. The molecule has 0 fully saturated rings. The zero-order chi connectivity index (χ0) is 20.3. The molecule has 3 rings (SSSR count). The van der Waals surface area contributed by atoms with E-state index in [1.807, 2.05) is 18.2 Å². The first kappa shape index (κ1) is 20.0. The highest BCUT2D eigenvalue weighted by Crippen LogP contribution is 2.27.